The van der Waals surface area contributed by atoms with E-state index in [1.807, 2.05) is 0 Å². The van der Waals surface area contributed by atoms with Crippen molar-refractivity contribution in [3.8, 4) is 17.2 Å². The molecule has 2 aliphatic heterocycles. The number of imide groups is 1. The van der Waals surface area contributed by atoms with Crippen molar-refractivity contribution in [3.05, 3.63) is 83.9 Å². The molecule has 37 heavy (non-hydrogen) atoms. The van der Waals surface area contributed by atoms with Crippen LogP contribution in [0.5, 0.6) is 17.2 Å². The van der Waals surface area contributed by atoms with E-state index in [0.29, 0.717) is 30.5 Å². The Balaban J connectivity index is 1.46. The molecule has 0 radical (unpaired) electrons. The van der Waals surface area contributed by atoms with Crippen LogP contribution in [0.1, 0.15) is 27.1 Å². The fourth-order valence-corrected chi connectivity index (χ4v) is 4.17. The number of fused-ring (bicyclic) bond motifs is 1. The third kappa shape index (κ3) is 4.68. The van der Waals surface area contributed by atoms with Crippen LogP contribution >= 0.6 is 0 Å². The predicted octanol–water partition coefficient (Wildman–Crippen LogP) is 2.59. The maximum atomic E-state index is 13.5. The minimum Gasteiger partial charge on any atom is -0.497 e. The molecular weight excluding hydrogens is 478 g/mol. The highest BCUT2D eigenvalue weighted by molar-refractivity contribution is 6.23. The number of hydrogen-bond acceptors (Lipinski definition) is 7. The molecule has 0 bridgehead atoms. The van der Waals surface area contributed by atoms with Crippen LogP contribution in [0, 0.1) is 0 Å². The second-order valence-corrected chi connectivity index (χ2v) is 8.33. The minimum atomic E-state index is -1.26. The number of carbonyl (C=O) groups is 4. The molecule has 1 atom stereocenters. The van der Waals surface area contributed by atoms with E-state index < -0.39 is 29.7 Å². The Morgan fingerprint density at radius 2 is 1.62 bits per heavy atom. The molecule has 1 fully saturated rings. The van der Waals surface area contributed by atoms with Crippen molar-refractivity contribution in [2.75, 3.05) is 25.2 Å². The van der Waals surface area contributed by atoms with Gasteiger partial charge in [-0.15, -0.1) is 0 Å². The smallest absolute Gasteiger partial charge is 0.273 e. The highest BCUT2D eigenvalue weighted by Crippen LogP contribution is 2.36. The highest BCUT2D eigenvalue weighted by Gasteiger charge is 2.46. The number of ether oxygens (including phenoxy) is 3. The summed E-state index contributed by atoms with van der Waals surface area (Å²) in [6.45, 7) is 0.746. The van der Waals surface area contributed by atoms with Gasteiger partial charge in [0.2, 0.25) is 5.91 Å². The van der Waals surface area contributed by atoms with Crippen LogP contribution in [0.4, 0.5) is 5.69 Å². The molecular formula is C27H23N3O7. The van der Waals surface area contributed by atoms with Crippen molar-refractivity contribution in [3.63, 3.8) is 0 Å². The molecule has 0 saturated carbocycles. The maximum Gasteiger partial charge on any atom is 0.273 e. The SMILES string of the molecule is COc1ccc(C(=O)N(NC(=O)c2ccccc2)C2CC(=O)N(c3ccc4c(c3)OCCO4)C2=O)cc1. The number of carbonyl (C=O) groups excluding carboxylic acids is 4. The molecule has 1 saturated heterocycles. The van der Waals surface area contributed by atoms with Crippen molar-refractivity contribution in [2.24, 2.45) is 0 Å². The molecule has 4 amide bonds. The van der Waals surface area contributed by atoms with E-state index in [1.165, 1.54) is 19.2 Å². The summed E-state index contributed by atoms with van der Waals surface area (Å²) >= 11 is 0. The van der Waals surface area contributed by atoms with Gasteiger partial charge in [0.1, 0.15) is 25.0 Å². The van der Waals surface area contributed by atoms with E-state index >= 15 is 0 Å². The summed E-state index contributed by atoms with van der Waals surface area (Å²) in [6.07, 6.45) is -0.315. The number of benzene rings is 3. The lowest BCUT2D eigenvalue weighted by Crippen LogP contribution is -2.54. The zero-order valence-corrected chi connectivity index (χ0v) is 19.9. The van der Waals surface area contributed by atoms with Crippen LogP contribution in [0.25, 0.3) is 0 Å². The second-order valence-electron chi connectivity index (χ2n) is 8.33. The van der Waals surface area contributed by atoms with Gasteiger partial charge in [-0.25, -0.2) is 9.91 Å². The first kappa shape index (κ1) is 23.9. The summed E-state index contributed by atoms with van der Waals surface area (Å²) in [7, 11) is 1.50. The molecule has 0 aliphatic carbocycles. The van der Waals surface area contributed by atoms with Gasteiger partial charge in [0.05, 0.1) is 19.2 Å². The van der Waals surface area contributed by atoms with Gasteiger partial charge in [-0.1, -0.05) is 18.2 Å². The standard InChI is InChI=1S/C27H23N3O7/c1-35-20-10-7-18(8-11-20)26(33)30(28-25(32)17-5-3-2-4-6-17)21-16-24(31)29(27(21)34)19-9-12-22-23(15-19)37-14-13-36-22/h2-12,15,21H,13-14,16H2,1H3,(H,28,32). The number of methoxy groups -OCH3 is 1. The van der Waals surface area contributed by atoms with Gasteiger partial charge < -0.3 is 14.2 Å². The lowest BCUT2D eigenvalue weighted by atomic mass is 10.1. The lowest BCUT2D eigenvalue weighted by molar-refractivity contribution is -0.122. The van der Waals surface area contributed by atoms with Crippen LogP contribution in [0.2, 0.25) is 0 Å². The van der Waals surface area contributed by atoms with E-state index in [4.69, 9.17) is 14.2 Å². The van der Waals surface area contributed by atoms with Crippen LogP contribution in [0.15, 0.2) is 72.8 Å². The highest BCUT2D eigenvalue weighted by atomic mass is 16.6. The topological polar surface area (TPSA) is 114 Å². The first-order valence-electron chi connectivity index (χ1n) is 11.6. The Morgan fingerprint density at radius 1 is 0.919 bits per heavy atom. The van der Waals surface area contributed by atoms with Gasteiger partial charge >= 0.3 is 0 Å². The third-order valence-corrected chi connectivity index (χ3v) is 6.03. The average Bonchev–Trinajstić information content (AvgIpc) is 3.24. The molecule has 1 unspecified atom stereocenters. The molecule has 3 aromatic carbocycles. The summed E-state index contributed by atoms with van der Waals surface area (Å²) in [5.41, 5.74) is 3.32. The van der Waals surface area contributed by atoms with E-state index in [1.54, 1.807) is 60.7 Å². The first-order chi connectivity index (χ1) is 18.0. The van der Waals surface area contributed by atoms with E-state index in [2.05, 4.69) is 5.43 Å². The second kappa shape index (κ2) is 10.0. The van der Waals surface area contributed by atoms with Crippen molar-refractivity contribution >= 4 is 29.3 Å². The third-order valence-electron chi connectivity index (χ3n) is 6.03. The number of rotatable bonds is 5. The number of nitrogens with zero attached hydrogens (tertiary/aromatic N) is 2. The summed E-state index contributed by atoms with van der Waals surface area (Å²) in [5.74, 6) is -0.964. The molecule has 0 spiro atoms. The summed E-state index contributed by atoms with van der Waals surface area (Å²) < 4.78 is 16.2. The van der Waals surface area contributed by atoms with Gasteiger partial charge in [0.15, 0.2) is 11.5 Å². The fraction of sp³-hybridized carbons (Fsp3) is 0.185. The Labute approximate surface area is 212 Å². The van der Waals surface area contributed by atoms with Crippen LogP contribution in [-0.2, 0) is 9.59 Å². The lowest BCUT2D eigenvalue weighted by Gasteiger charge is -2.28. The van der Waals surface area contributed by atoms with Gasteiger partial charge in [0.25, 0.3) is 17.7 Å². The monoisotopic (exact) mass is 501 g/mol. The maximum absolute atomic E-state index is 13.5. The number of hydrazine groups is 1. The van der Waals surface area contributed by atoms with Crippen molar-refractivity contribution in [2.45, 2.75) is 12.5 Å². The van der Waals surface area contributed by atoms with E-state index in [-0.39, 0.29) is 23.2 Å². The summed E-state index contributed by atoms with van der Waals surface area (Å²) in [6, 6.07) is 18.0. The number of anilines is 1. The van der Waals surface area contributed by atoms with Crippen molar-refractivity contribution in [1.82, 2.24) is 10.4 Å². The number of amides is 4. The van der Waals surface area contributed by atoms with Gasteiger partial charge in [0, 0.05) is 17.2 Å². The Hall–Kier alpha value is -4.86. The summed E-state index contributed by atoms with van der Waals surface area (Å²) in [5, 5.41) is 0.926. The van der Waals surface area contributed by atoms with Gasteiger partial charge in [-0.2, -0.15) is 0 Å². The van der Waals surface area contributed by atoms with Gasteiger partial charge in [-0.3, -0.25) is 24.6 Å². The molecule has 10 nitrogen and oxygen atoms in total. The zero-order valence-electron chi connectivity index (χ0n) is 19.9. The molecule has 2 heterocycles. The summed E-state index contributed by atoms with van der Waals surface area (Å²) in [4.78, 5) is 54.1. The van der Waals surface area contributed by atoms with Gasteiger partial charge in [-0.05, 0) is 48.5 Å². The van der Waals surface area contributed by atoms with E-state index in [9.17, 15) is 19.2 Å². The van der Waals surface area contributed by atoms with Crippen LogP contribution < -0.4 is 24.5 Å². The minimum absolute atomic E-state index is 0.201. The zero-order chi connectivity index (χ0) is 25.9. The predicted molar refractivity (Wildman–Crippen MR) is 131 cm³/mol. The van der Waals surface area contributed by atoms with Crippen LogP contribution in [-0.4, -0.2) is 55.0 Å². The number of hydrogen-bond donors (Lipinski definition) is 1. The van der Waals surface area contributed by atoms with Crippen molar-refractivity contribution < 1.29 is 33.4 Å². The Kier molecular flexibility index (Phi) is 6.46. The number of nitrogens with one attached hydrogen (secondary N) is 1. The molecule has 10 heteroatoms. The molecule has 0 aromatic heterocycles. The first-order valence-corrected chi connectivity index (χ1v) is 11.6. The largest absolute Gasteiger partial charge is 0.497 e. The molecule has 3 aromatic rings. The molecule has 188 valence electrons. The van der Waals surface area contributed by atoms with Crippen LogP contribution in [0.3, 0.4) is 0 Å². The van der Waals surface area contributed by atoms with E-state index in [0.717, 1.165) is 9.91 Å². The molecule has 1 N–H and O–H groups in total. The Morgan fingerprint density at radius 3 is 2.32 bits per heavy atom. The average molecular weight is 501 g/mol. The normalized spacial score (nSPS) is 16.4. The fourth-order valence-electron chi connectivity index (χ4n) is 4.17. The quantitative estimate of drug-likeness (QED) is 0.422. The molecule has 5 rings (SSSR count). The Bertz CT molecular complexity index is 1360. The molecule has 2 aliphatic rings. The van der Waals surface area contributed by atoms with Crippen molar-refractivity contribution in [1.29, 1.82) is 0 Å².